The predicted molar refractivity (Wildman–Crippen MR) is 98.0 cm³/mol. The summed E-state index contributed by atoms with van der Waals surface area (Å²) in [6.07, 6.45) is 8.36. The number of nitrogens with zero attached hydrogens (tertiary/aromatic N) is 3. The van der Waals surface area contributed by atoms with E-state index < -0.39 is 0 Å². The summed E-state index contributed by atoms with van der Waals surface area (Å²) in [5.41, 5.74) is 2.25. The van der Waals surface area contributed by atoms with Crippen LogP contribution in [0, 0.1) is 5.92 Å². The lowest BCUT2D eigenvalue weighted by Gasteiger charge is -2.28. The molecule has 2 aromatic rings. The molecule has 2 heterocycles. The van der Waals surface area contributed by atoms with Gasteiger partial charge in [-0.1, -0.05) is 13.8 Å². The third-order valence-corrected chi connectivity index (χ3v) is 5.67. The number of carbonyl (C=O) groups excluding carboxylic acids is 1. The number of aromatic nitrogens is 2. The van der Waals surface area contributed by atoms with Gasteiger partial charge in [0.2, 0.25) is 5.91 Å². The summed E-state index contributed by atoms with van der Waals surface area (Å²) in [6, 6.07) is 3.99. The number of fused-ring (bicyclic) bond motifs is 1. The van der Waals surface area contributed by atoms with Crippen molar-refractivity contribution in [3.8, 4) is 10.6 Å². The third-order valence-electron chi connectivity index (χ3n) is 4.50. The van der Waals surface area contributed by atoms with Gasteiger partial charge in [0.25, 0.3) is 0 Å². The molecule has 0 aromatic carbocycles. The molecule has 128 valence electrons. The second-order valence-corrected chi connectivity index (χ2v) is 7.48. The van der Waals surface area contributed by atoms with Crippen molar-refractivity contribution < 1.29 is 4.79 Å². The van der Waals surface area contributed by atoms with Crippen LogP contribution in [0.1, 0.15) is 43.7 Å². The lowest BCUT2D eigenvalue weighted by molar-refractivity contribution is -0.136. The molecule has 0 saturated carbocycles. The van der Waals surface area contributed by atoms with Gasteiger partial charge in [-0.2, -0.15) is 0 Å². The average molecular weight is 343 g/mol. The number of carbonyl (C=O) groups is 1. The minimum absolute atomic E-state index is 0.123. The number of pyridine rings is 1. The van der Waals surface area contributed by atoms with Crippen LogP contribution in [-0.2, 0) is 17.6 Å². The van der Waals surface area contributed by atoms with Gasteiger partial charge < -0.3 is 4.90 Å². The van der Waals surface area contributed by atoms with Crippen molar-refractivity contribution in [2.24, 2.45) is 5.92 Å². The Morgan fingerprint density at radius 1 is 1.33 bits per heavy atom. The van der Waals surface area contributed by atoms with Crippen molar-refractivity contribution >= 4 is 17.2 Å². The zero-order valence-corrected chi connectivity index (χ0v) is 15.3. The summed E-state index contributed by atoms with van der Waals surface area (Å²) < 4.78 is 0. The van der Waals surface area contributed by atoms with Crippen LogP contribution < -0.4 is 0 Å². The molecular weight excluding hydrogens is 318 g/mol. The maximum Gasteiger partial charge on any atom is 0.226 e. The lowest BCUT2D eigenvalue weighted by atomic mass is 9.90. The lowest BCUT2D eigenvalue weighted by Crippen LogP contribution is -2.39. The molecule has 4 nitrogen and oxygen atoms in total. The van der Waals surface area contributed by atoms with E-state index in [1.165, 1.54) is 10.6 Å². The molecule has 0 spiro atoms. The molecule has 1 aliphatic carbocycles. The number of thiazole rings is 1. The predicted octanol–water partition coefficient (Wildman–Crippen LogP) is 3.96. The van der Waals surface area contributed by atoms with E-state index in [-0.39, 0.29) is 5.92 Å². The molecule has 0 bridgehead atoms. The summed E-state index contributed by atoms with van der Waals surface area (Å²) in [6.45, 7) is 6.02. The molecule has 0 aliphatic heterocycles. The zero-order chi connectivity index (χ0) is 16.9. The van der Waals surface area contributed by atoms with E-state index in [1.807, 2.05) is 18.3 Å². The molecule has 0 fully saturated rings. The van der Waals surface area contributed by atoms with Gasteiger partial charge in [-0.25, -0.2) is 4.98 Å². The minimum atomic E-state index is 0.123. The van der Waals surface area contributed by atoms with Crippen LogP contribution in [0.2, 0.25) is 0 Å². The Morgan fingerprint density at radius 3 is 2.79 bits per heavy atom. The number of rotatable bonds is 6. The van der Waals surface area contributed by atoms with Gasteiger partial charge in [-0.15, -0.1) is 11.3 Å². The van der Waals surface area contributed by atoms with Gasteiger partial charge in [0.15, 0.2) is 0 Å². The molecule has 24 heavy (non-hydrogen) atoms. The number of hydrogen-bond donors (Lipinski definition) is 0. The number of aryl methyl sites for hydroxylation is 1. The molecule has 0 N–H and O–H groups in total. The smallest absolute Gasteiger partial charge is 0.226 e. The van der Waals surface area contributed by atoms with Crippen LogP contribution in [0.5, 0.6) is 0 Å². The Hall–Kier alpha value is -1.75. The Kier molecular flexibility index (Phi) is 5.61. The van der Waals surface area contributed by atoms with Crippen LogP contribution in [0.4, 0.5) is 0 Å². The van der Waals surface area contributed by atoms with Gasteiger partial charge in [0.1, 0.15) is 5.01 Å². The summed E-state index contributed by atoms with van der Waals surface area (Å²) in [4.78, 5) is 25.2. The van der Waals surface area contributed by atoms with Crippen LogP contribution >= 0.6 is 11.3 Å². The molecule has 1 unspecified atom stereocenters. The molecule has 0 saturated heterocycles. The first-order valence-corrected chi connectivity index (χ1v) is 9.72. The number of hydrogen-bond acceptors (Lipinski definition) is 4. The molecule has 1 amide bonds. The largest absolute Gasteiger partial charge is 0.342 e. The van der Waals surface area contributed by atoms with Crippen molar-refractivity contribution in [1.29, 1.82) is 0 Å². The molecule has 1 atom stereocenters. The normalized spacial score (nSPS) is 16.7. The summed E-state index contributed by atoms with van der Waals surface area (Å²) in [5.74, 6) is 0.457. The average Bonchev–Trinajstić information content (AvgIpc) is 3.05. The Balaban J connectivity index is 1.74. The Morgan fingerprint density at radius 2 is 2.12 bits per heavy atom. The van der Waals surface area contributed by atoms with Gasteiger partial charge in [-0.3, -0.25) is 9.78 Å². The van der Waals surface area contributed by atoms with Crippen LogP contribution in [-0.4, -0.2) is 33.9 Å². The van der Waals surface area contributed by atoms with Crippen molar-refractivity contribution in [2.75, 3.05) is 13.1 Å². The molecule has 0 radical (unpaired) electrons. The van der Waals surface area contributed by atoms with Gasteiger partial charge >= 0.3 is 0 Å². The van der Waals surface area contributed by atoms with E-state index in [4.69, 9.17) is 4.98 Å². The highest BCUT2D eigenvalue weighted by Gasteiger charge is 2.30. The second-order valence-electron chi connectivity index (χ2n) is 6.40. The summed E-state index contributed by atoms with van der Waals surface area (Å²) in [5, 5.41) is 1.03. The first kappa shape index (κ1) is 17.1. The zero-order valence-electron chi connectivity index (χ0n) is 14.5. The first-order chi connectivity index (χ1) is 11.7. The van der Waals surface area contributed by atoms with Gasteiger partial charge in [0.05, 0.1) is 5.69 Å². The molecule has 1 aliphatic rings. The molecular formula is C19H25N3OS. The van der Waals surface area contributed by atoms with Gasteiger partial charge in [-0.05, 0) is 44.2 Å². The van der Waals surface area contributed by atoms with Crippen molar-refractivity contribution in [3.05, 3.63) is 35.1 Å². The van der Waals surface area contributed by atoms with Crippen molar-refractivity contribution in [1.82, 2.24) is 14.9 Å². The van der Waals surface area contributed by atoms with E-state index in [2.05, 4.69) is 23.7 Å². The standard InChI is InChI=1S/C19H25N3OS/c1-3-10-22(11-4-2)19(23)14-7-8-16-17(12-14)24-18(21-16)15-6-5-9-20-13-15/h5-6,9,13-14H,3-4,7-8,10-12H2,1-2H3. The Labute approximate surface area is 147 Å². The van der Waals surface area contributed by atoms with Crippen molar-refractivity contribution in [2.45, 2.75) is 46.0 Å². The van der Waals surface area contributed by atoms with E-state index in [0.29, 0.717) is 5.91 Å². The first-order valence-electron chi connectivity index (χ1n) is 8.90. The maximum atomic E-state index is 12.9. The molecule has 3 rings (SSSR count). The van der Waals surface area contributed by atoms with E-state index in [9.17, 15) is 4.79 Å². The minimum Gasteiger partial charge on any atom is -0.342 e. The highest BCUT2D eigenvalue weighted by Crippen LogP contribution is 2.35. The fourth-order valence-corrected chi connectivity index (χ4v) is 4.51. The monoisotopic (exact) mass is 343 g/mol. The highest BCUT2D eigenvalue weighted by molar-refractivity contribution is 7.15. The molecule has 2 aromatic heterocycles. The fraction of sp³-hybridized carbons (Fsp3) is 0.526. The second kappa shape index (κ2) is 7.88. The molecule has 5 heteroatoms. The van der Waals surface area contributed by atoms with Crippen LogP contribution in [0.15, 0.2) is 24.5 Å². The summed E-state index contributed by atoms with van der Waals surface area (Å²) in [7, 11) is 0. The van der Waals surface area contributed by atoms with Crippen LogP contribution in [0.25, 0.3) is 10.6 Å². The fourth-order valence-electron chi connectivity index (χ4n) is 3.33. The van der Waals surface area contributed by atoms with E-state index >= 15 is 0 Å². The topological polar surface area (TPSA) is 46.1 Å². The highest BCUT2D eigenvalue weighted by atomic mass is 32.1. The van der Waals surface area contributed by atoms with E-state index in [1.54, 1.807) is 17.5 Å². The number of amides is 1. The van der Waals surface area contributed by atoms with Gasteiger partial charge in [0, 0.05) is 41.8 Å². The SMILES string of the molecule is CCCN(CCC)C(=O)C1CCc2nc(-c3cccnc3)sc2C1. The van der Waals surface area contributed by atoms with Crippen LogP contribution in [0.3, 0.4) is 0 Å². The maximum absolute atomic E-state index is 12.9. The van der Waals surface area contributed by atoms with E-state index in [0.717, 1.165) is 55.8 Å². The third kappa shape index (κ3) is 3.66. The Bertz CT molecular complexity index is 677. The quantitative estimate of drug-likeness (QED) is 0.797. The summed E-state index contributed by atoms with van der Waals surface area (Å²) >= 11 is 1.73. The van der Waals surface area contributed by atoms with Crippen molar-refractivity contribution in [3.63, 3.8) is 0 Å².